The summed E-state index contributed by atoms with van der Waals surface area (Å²) in [6.07, 6.45) is 5.88. The molecule has 0 fully saturated rings. The number of carbonyl (C=O) groups is 1. The molecule has 2 aromatic carbocycles. The second kappa shape index (κ2) is 10.9. The van der Waals surface area contributed by atoms with Crippen LogP contribution in [0.1, 0.15) is 30.9 Å². The lowest BCUT2D eigenvalue weighted by molar-refractivity contribution is -0.116. The number of hydrogen-bond acceptors (Lipinski definition) is 4. The van der Waals surface area contributed by atoms with E-state index < -0.39 is 0 Å². The summed E-state index contributed by atoms with van der Waals surface area (Å²) in [5.74, 6) is 1.49. The number of phenols is 1. The van der Waals surface area contributed by atoms with Crippen molar-refractivity contribution in [3.63, 3.8) is 0 Å². The maximum absolute atomic E-state index is 11.9. The molecule has 2 N–H and O–H groups in total. The summed E-state index contributed by atoms with van der Waals surface area (Å²) in [4.78, 5) is 11.9. The van der Waals surface area contributed by atoms with Crippen molar-refractivity contribution in [2.75, 3.05) is 20.3 Å². The van der Waals surface area contributed by atoms with Gasteiger partial charge in [-0.05, 0) is 60.7 Å². The first-order valence-electron chi connectivity index (χ1n) is 9.17. The molecule has 2 rings (SSSR count). The summed E-state index contributed by atoms with van der Waals surface area (Å²) in [5, 5.41) is 12.1. The summed E-state index contributed by atoms with van der Waals surface area (Å²) < 4.78 is 11.0. The monoisotopic (exact) mass is 369 g/mol. The van der Waals surface area contributed by atoms with E-state index >= 15 is 0 Å². The summed E-state index contributed by atoms with van der Waals surface area (Å²) in [6.45, 7) is 3.28. The average molecular weight is 369 g/mol. The molecule has 0 bridgehead atoms. The summed E-state index contributed by atoms with van der Waals surface area (Å²) in [5.41, 5.74) is 2.00. The summed E-state index contributed by atoms with van der Waals surface area (Å²) >= 11 is 0. The second-order valence-corrected chi connectivity index (χ2v) is 6.15. The molecule has 0 aliphatic heterocycles. The van der Waals surface area contributed by atoms with Gasteiger partial charge in [0.05, 0.1) is 13.7 Å². The van der Waals surface area contributed by atoms with Gasteiger partial charge in [-0.15, -0.1) is 0 Å². The molecule has 5 heteroatoms. The van der Waals surface area contributed by atoms with Crippen molar-refractivity contribution in [1.82, 2.24) is 5.32 Å². The Bertz CT molecular complexity index is 753. The zero-order valence-electron chi connectivity index (χ0n) is 15.9. The molecule has 27 heavy (non-hydrogen) atoms. The fourth-order valence-electron chi connectivity index (χ4n) is 2.52. The van der Waals surface area contributed by atoms with E-state index in [4.69, 9.17) is 9.47 Å². The Morgan fingerprint density at radius 3 is 2.63 bits per heavy atom. The number of ether oxygens (including phenoxy) is 2. The molecule has 5 nitrogen and oxygen atoms in total. The van der Waals surface area contributed by atoms with Crippen LogP contribution in [0.15, 0.2) is 48.5 Å². The van der Waals surface area contributed by atoms with Crippen LogP contribution in [0.5, 0.6) is 17.2 Å². The van der Waals surface area contributed by atoms with Gasteiger partial charge in [0, 0.05) is 12.6 Å². The van der Waals surface area contributed by atoms with E-state index in [-0.39, 0.29) is 11.7 Å². The van der Waals surface area contributed by atoms with Gasteiger partial charge < -0.3 is 19.9 Å². The fourth-order valence-corrected chi connectivity index (χ4v) is 2.52. The van der Waals surface area contributed by atoms with E-state index in [2.05, 4.69) is 5.32 Å². The molecule has 0 aliphatic rings. The Balaban J connectivity index is 1.79. The van der Waals surface area contributed by atoms with Gasteiger partial charge in [-0.1, -0.05) is 25.1 Å². The molecule has 1 amide bonds. The van der Waals surface area contributed by atoms with Crippen LogP contribution in [-0.4, -0.2) is 31.3 Å². The molecule has 0 saturated heterocycles. The van der Waals surface area contributed by atoms with E-state index in [9.17, 15) is 9.90 Å². The Morgan fingerprint density at radius 2 is 1.93 bits per heavy atom. The first-order chi connectivity index (χ1) is 13.1. The van der Waals surface area contributed by atoms with E-state index in [1.54, 1.807) is 25.3 Å². The highest BCUT2D eigenvalue weighted by atomic mass is 16.5. The lowest BCUT2D eigenvalue weighted by atomic mass is 10.1. The highest BCUT2D eigenvalue weighted by Gasteiger charge is 2.04. The third-order valence-electron chi connectivity index (χ3n) is 3.95. The molecule has 2 aromatic rings. The Kier molecular flexibility index (Phi) is 8.23. The van der Waals surface area contributed by atoms with Crippen LogP contribution in [-0.2, 0) is 11.2 Å². The molecule has 0 radical (unpaired) electrons. The lowest BCUT2D eigenvalue weighted by Crippen LogP contribution is -2.22. The largest absolute Gasteiger partial charge is 0.508 e. The van der Waals surface area contributed by atoms with E-state index in [0.717, 1.165) is 30.4 Å². The minimum Gasteiger partial charge on any atom is -0.508 e. The number of methoxy groups -OCH3 is 1. The van der Waals surface area contributed by atoms with Gasteiger partial charge >= 0.3 is 0 Å². The molecule has 0 heterocycles. The van der Waals surface area contributed by atoms with Crippen molar-refractivity contribution in [3.8, 4) is 17.2 Å². The third kappa shape index (κ3) is 7.05. The number of aryl methyl sites for hydroxylation is 1. The van der Waals surface area contributed by atoms with Crippen LogP contribution in [0.3, 0.4) is 0 Å². The first kappa shape index (κ1) is 20.4. The Labute approximate surface area is 160 Å². The molecule has 0 saturated carbocycles. The molecular formula is C22H27NO4. The van der Waals surface area contributed by atoms with Crippen molar-refractivity contribution in [3.05, 3.63) is 59.7 Å². The Hall–Kier alpha value is -2.95. The lowest BCUT2D eigenvalue weighted by Gasteiger charge is -2.10. The highest BCUT2D eigenvalue weighted by molar-refractivity contribution is 5.91. The maximum Gasteiger partial charge on any atom is 0.243 e. The number of phenolic OH excluding ortho intramolecular Hbond substituents is 1. The molecule has 0 aliphatic carbocycles. The number of benzene rings is 2. The van der Waals surface area contributed by atoms with Crippen molar-refractivity contribution in [2.45, 2.75) is 26.2 Å². The number of nitrogens with one attached hydrogen (secondary N) is 1. The number of hydrogen-bond donors (Lipinski definition) is 2. The van der Waals surface area contributed by atoms with Gasteiger partial charge in [0.15, 0.2) is 11.5 Å². The van der Waals surface area contributed by atoms with Gasteiger partial charge in [0.1, 0.15) is 5.75 Å². The maximum atomic E-state index is 11.9. The molecule has 0 aromatic heterocycles. The minimum absolute atomic E-state index is 0.133. The van der Waals surface area contributed by atoms with Gasteiger partial charge in [0.25, 0.3) is 0 Å². The normalized spacial score (nSPS) is 10.7. The topological polar surface area (TPSA) is 67.8 Å². The number of carbonyl (C=O) groups excluding carboxylic acids is 1. The summed E-state index contributed by atoms with van der Waals surface area (Å²) in [7, 11) is 1.60. The van der Waals surface area contributed by atoms with Crippen LogP contribution in [0, 0.1) is 0 Å². The van der Waals surface area contributed by atoms with Gasteiger partial charge in [0.2, 0.25) is 5.91 Å². The first-order valence-corrected chi connectivity index (χ1v) is 9.17. The molecule has 0 spiro atoms. The smallest absolute Gasteiger partial charge is 0.243 e. The molecule has 144 valence electrons. The number of aromatic hydroxyl groups is 1. The zero-order valence-corrected chi connectivity index (χ0v) is 15.9. The van der Waals surface area contributed by atoms with Crippen molar-refractivity contribution < 1.29 is 19.4 Å². The number of amides is 1. The van der Waals surface area contributed by atoms with Crippen molar-refractivity contribution in [2.24, 2.45) is 0 Å². The zero-order chi connectivity index (χ0) is 19.5. The fraction of sp³-hybridized carbons (Fsp3) is 0.318. The Morgan fingerprint density at radius 1 is 1.15 bits per heavy atom. The summed E-state index contributed by atoms with van der Waals surface area (Å²) in [6, 6.07) is 12.7. The van der Waals surface area contributed by atoms with Crippen LogP contribution in [0.25, 0.3) is 6.08 Å². The van der Waals surface area contributed by atoms with E-state index in [1.165, 1.54) is 6.08 Å². The predicted octanol–water partition coefficient (Wildman–Crippen LogP) is 3.95. The van der Waals surface area contributed by atoms with Crippen LogP contribution >= 0.6 is 0 Å². The van der Waals surface area contributed by atoms with Crippen LogP contribution in [0.4, 0.5) is 0 Å². The standard InChI is InChI=1S/C22H27NO4/c1-3-15-27-20-12-8-18(16-21(20)26-2)9-13-22(25)23-14-4-5-17-6-10-19(24)11-7-17/h6-13,16,24H,3-5,14-15H2,1-2H3,(H,23,25)/b13-9+. The SMILES string of the molecule is CCCOc1ccc(/C=C/C(=O)NCCCc2ccc(O)cc2)cc1OC. The van der Waals surface area contributed by atoms with Gasteiger partial charge in [-0.3, -0.25) is 4.79 Å². The second-order valence-electron chi connectivity index (χ2n) is 6.15. The number of rotatable bonds is 10. The van der Waals surface area contributed by atoms with E-state index in [1.807, 2.05) is 37.3 Å². The van der Waals surface area contributed by atoms with E-state index in [0.29, 0.717) is 24.7 Å². The van der Waals surface area contributed by atoms with Gasteiger partial charge in [-0.25, -0.2) is 0 Å². The van der Waals surface area contributed by atoms with Crippen LogP contribution < -0.4 is 14.8 Å². The molecular weight excluding hydrogens is 342 g/mol. The average Bonchev–Trinajstić information content (AvgIpc) is 2.69. The minimum atomic E-state index is -0.133. The molecule has 0 unspecified atom stereocenters. The highest BCUT2D eigenvalue weighted by Crippen LogP contribution is 2.28. The van der Waals surface area contributed by atoms with Gasteiger partial charge in [-0.2, -0.15) is 0 Å². The quantitative estimate of drug-likeness (QED) is 0.491. The third-order valence-corrected chi connectivity index (χ3v) is 3.95. The van der Waals surface area contributed by atoms with Crippen LogP contribution in [0.2, 0.25) is 0 Å². The van der Waals surface area contributed by atoms with Crippen molar-refractivity contribution >= 4 is 12.0 Å². The predicted molar refractivity (Wildman–Crippen MR) is 107 cm³/mol. The molecule has 0 atom stereocenters. The van der Waals surface area contributed by atoms with Crippen molar-refractivity contribution in [1.29, 1.82) is 0 Å².